The van der Waals surface area contributed by atoms with Gasteiger partial charge in [0.2, 0.25) is 0 Å². The number of benzene rings is 7. The molecule has 2 aliphatic rings. The Morgan fingerprint density at radius 3 is 1.56 bits per heavy atom. The summed E-state index contributed by atoms with van der Waals surface area (Å²) in [6.45, 7) is 31.0. The van der Waals surface area contributed by atoms with Gasteiger partial charge in [0.15, 0.2) is 0 Å². The summed E-state index contributed by atoms with van der Waals surface area (Å²) in [7, 11) is 0. The highest BCUT2D eigenvalue weighted by atomic mass is 16.5. The van der Waals surface area contributed by atoms with Gasteiger partial charge in [-0.25, -0.2) is 4.52 Å². The van der Waals surface area contributed by atoms with E-state index in [0.717, 1.165) is 28.1 Å². The van der Waals surface area contributed by atoms with Gasteiger partial charge in [-0.15, -0.1) is 0 Å². The summed E-state index contributed by atoms with van der Waals surface area (Å²) in [5.41, 5.74) is 16.5. The monoisotopic (exact) mass is 920 g/mol. The molecular formula is C64H65N5O. The molecule has 352 valence electrons. The molecular weight excluding hydrogens is 855 g/mol. The van der Waals surface area contributed by atoms with E-state index in [1.165, 1.54) is 88.7 Å². The van der Waals surface area contributed by atoms with Gasteiger partial charge in [-0.2, -0.15) is 5.10 Å². The molecule has 0 bridgehead atoms. The first-order valence-corrected chi connectivity index (χ1v) is 25.1. The van der Waals surface area contributed by atoms with Crippen molar-refractivity contribution in [1.82, 2.24) is 14.2 Å². The Morgan fingerprint density at radius 2 is 0.971 bits per heavy atom. The van der Waals surface area contributed by atoms with Gasteiger partial charge in [-0.05, 0) is 122 Å². The van der Waals surface area contributed by atoms with Crippen molar-refractivity contribution in [3.05, 3.63) is 174 Å². The van der Waals surface area contributed by atoms with Crippen molar-refractivity contribution >= 4 is 71.7 Å². The number of para-hydroxylation sites is 4. The molecule has 1 aliphatic carbocycles. The third-order valence-corrected chi connectivity index (χ3v) is 16.4. The number of ether oxygens (including phenoxy) is 1. The number of fused-ring (bicyclic) bond motifs is 7. The van der Waals surface area contributed by atoms with Crippen LogP contribution in [0.4, 0.5) is 22.7 Å². The fourth-order valence-electron chi connectivity index (χ4n) is 11.5. The van der Waals surface area contributed by atoms with Gasteiger partial charge in [0.1, 0.15) is 18.2 Å². The minimum atomic E-state index is -0.201. The predicted molar refractivity (Wildman–Crippen MR) is 295 cm³/mol. The second kappa shape index (κ2) is 14.7. The molecule has 6 heteroatoms. The Morgan fingerprint density at radius 1 is 0.457 bits per heavy atom. The molecule has 12 rings (SSSR count). The van der Waals surface area contributed by atoms with Crippen molar-refractivity contribution in [3.8, 4) is 17.2 Å². The molecule has 1 aliphatic heterocycles. The predicted octanol–water partition coefficient (Wildman–Crippen LogP) is 17.2. The summed E-state index contributed by atoms with van der Waals surface area (Å²) in [6.07, 6.45) is 2.12. The maximum atomic E-state index is 7.10. The molecule has 10 aromatic rings. The zero-order chi connectivity index (χ0) is 49.0. The molecule has 0 amide bonds. The van der Waals surface area contributed by atoms with E-state index in [1.807, 2.05) is 0 Å². The van der Waals surface area contributed by atoms with Crippen LogP contribution in [0.5, 0.6) is 11.5 Å². The van der Waals surface area contributed by atoms with Crippen LogP contribution in [0.25, 0.3) is 54.7 Å². The fraction of sp³-hybridized carbons (Fsp3) is 0.297. The van der Waals surface area contributed by atoms with Crippen LogP contribution in [0, 0.1) is 0 Å². The van der Waals surface area contributed by atoms with Gasteiger partial charge in [0, 0.05) is 61.7 Å². The van der Waals surface area contributed by atoms with Crippen LogP contribution in [0.3, 0.4) is 0 Å². The van der Waals surface area contributed by atoms with E-state index in [4.69, 9.17) is 9.84 Å². The molecule has 0 N–H and O–H groups in total. The zero-order valence-electron chi connectivity index (χ0n) is 43.2. The molecule has 0 saturated carbocycles. The van der Waals surface area contributed by atoms with E-state index in [0.29, 0.717) is 6.67 Å². The largest absolute Gasteiger partial charge is 0.457 e. The van der Waals surface area contributed by atoms with Crippen molar-refractivity contribution in [1.29, 1.82) is 0 Å². The molecule has 7 aromatic carbocycles. The average Bonchev–Trinajstić information content (AvgIpc) is 4.03. The number of rotatable bonds is 5. The van der Waals surface area contributed by atoms with Crippen LogP contribution in [0.15, 0.2) is 146 Å². The zero-order valence-corrected chi connectivity index (χ0v) is 43.2. The van der Waals surface area contributed by atoms with Crippen LogP contribution in [0.1, 0.15) is 118 Å². The molecule has 3 aromatic heterocycles. The highest BCUT2D eigenvalue weighted by Crippen LogP contribution is 2.55. The number of anilines is 4. The summed E-state index contributed by atoms with van der Waals surface area (Å²) >= 11 is 0. The van der Waals surface area contributed by atoms with Crippen LogP contribution in [-0.4, -0.2) is 20.8 Å². The number of hydrogen-bond donors (Lipinski definition) is 0. The van der Waals surface area contributed by atoms with E-state index in [9.17, 15) is 0 Å². The first kappa shape index (κ1) is 44.2. The number of hydrogen-bond acceptors (Lipinski definition) is 4. The highest BCUT2D eigenvalue weighted by molar-refractivity contribution is 6.17. The topological polar surface area (TPSA) is 37.9 Å². The van der Waals surface area contributed by atoms with Crippen molar-refractivity contribution in [3.63, 3.8) is 0 Å². The van der Waals surface area contributed by atoms with Gasteiger partial charge in [-0.1, -0.05) is 145 Å². The van der Waals surface area contributed by atoms with Crippen molar-refractivity contribution in [2.24, 2.45) is 0 Å². The van der Waals surface area contributed by atoms with E-state index in [-0.39, 0.29) is 27.1 Å². The van der Waals surface area contributed by atoms with Crippen LogP contribution in [-0.2, 0) is 27.1 Å². The lowest BCUT2D eigenvalue weighted by Crippen LogP contribution is -2.42. The Labute approximate surface area is 413 Å². The molecule has 0 atom stereocenters. The standard InChI is InChI=1S/C64H65N5O/c1-60(2,3)39-28-40(61(4,5)6)30-42(29-39)66-38-67(56-25-19-18-24-55(56)66)43-31-41(62(7,8)9)32-46(33-43)70-45-26-27-49-50-34-44(68-53-22-16-14-20-47(53)48-21-15-17-23-54(48)68)35-51-58(50)59-52(64(12,13)63(51,10)11)37-65-69(59)57(49)36-45/h14-37H,38H2,1-13H3. The minimum Gasteiger partial charge on any atom is -0.457 e. The lowest BCUT2D eigenvalue weighted by Gasteiger charge is -2.45. The summed E-state index contributed by atoms with van der Waals surface area (Å²) in [4.78, 5) is 4.93. The average molecular weight is 920 g/mol. The molecule has 6 nitrogen and oxygen atoms in total. The second-order valence-corrected chi connectivity index (χ2v) is 24.4. The minimum absolute atomic E-state index is 0.00586. The third-order valence-electron chi connectivity index (χ3n) is 16.4. The van der Waals surface area contributed by atoms with Gasteiger partial charge in [-0.3, -0.25) is 0 Å². The maximum Gasteiger partial charge on any atom is 0.129 e. The molecule has 0 saturated heterocycles. The number of pyridine rings is 1. The van der Waals surface area contributed by atoms with E-state index in [2.05, 4.69) is 255 Å². The van der Waals surface area contributed by atoms with Crippen LogP contribution >= 0.6 is 0 Å². The maximum absolute atomic E-state index is 7.10. The molecule has 0 fully saturated rings. The lowest BCUT2D eigenvalue weighted by atomic mass is 9.57. The first-order valence-electron chi connectivity index (χ1n) is 25.1. The normalized spacial score (nSPS) is 15.6. The summed E-state index contributed by atoms with van der Waals surface area (Å²) in [5.74, 6) is 1.58. The SMILES string of the molecule is CC(C)(C)c1cc(Oc2ccc3c4cc(-n5c6ccccc6c6ccccc65)cc5c4c4c(cnn4c3c2)C(C)(C)C5(C)C)cc(N2CN(c3cc(C(C)(C)C)cc(C(C)(C)C)c3)c3ccccc32)c1. The molecule has 0 spiro atoms. The Hall–Kier alpha value is -7.05. The van der Waals surface area contributed by atoms with Crippen LogP contribution in [0.2, 0.25) is 0 Å². The van der Waals surface area contributed by atoms with Gasteiger partial charge >= 0.3 is 0 Å². The second-order valence-electron chi connectivity index (χ2n) is 24.4. The summed E-state index contributed by atoms with van der Waals surface area (Å²) in [6, 6.07) is 52.0. The number of aromatic nitrogens is 3. The molecule has 4 heterocycles. The highest BCUT2D eigenvalue weighted by Gasteiger charge is 2.47. The first-order chi connectivity index (χ1) is 33.1. The lowest BCUT2D eigenvalue weighted by molar-refractivity contribution is 0.304. The molecule has 70 heavy (non-hydrogen) atoms. The van der Waals surface area contributed by atoms with Gasteiger partial charge in [0.25, 0.3) is 0 Å². The Bertz CT molecular complexity index is 3720. The van der Waals surface area contributed by atoms with Crippen molar-refractivity contribution < 1.29 is 4.74 Å². The summed E-state index contributed by atoms with van der Waals surface area (Å²) in [5, 5.41) is 11.4. The van der Waals surface area contributed by atoms with E-state index < -0.39 is 0 Å². The fourth-order valence-corrected chi connectivity index (χ4v) is 11.5. The summed E-state index contributed by atoms with van der Waals surface area (Å²) < 4.78 is 11.8. The van der Waals surface area contributed by atoms with Gasteiger partial charge < -0.3 is 19.1 Å². The van der Waals surface area contributed by atoms with E-state index in [1.54, 1.807) is 0 Å². The smallest absolute Gasteiger partial charge is 0.129 e. The van der Waals surface area contributed by atoms with Crippen molar-refractivity contribution in [2.75, 3.05) is 16.5 Å². The number of nitrogens with zero attached hydrogens (tertiary/aromatic N) is 5. The van der Waals surface area contributed by atoms with Crippen molar-refractivity contribution in [2.45, 2.75) is 117 Å². The van der Waals surface area contributed by atoms with E-state index >= 15 is 0 Å². The third kappa shape index (κ3) is 6.54. The Kier molecular flexibility index (Phi) is 9.30. The van der Waals surface area contributed by atoms with Gasteiger partial charge in [0.05, 0.1) is 39.6 Å². The molecule has 0 radical (unpaired) electrons. The quantitative estimate of drug-likeness (QED) is 0.161. The molecule has 0 unspecified atom stereocenters. The van der Waals surface area contributed by atoms with Crippen LogP contribution < -0.4 is 14.5 Å². The Balaban J connectivity index is 1.00.